The Hall–Kier alpha value is -2.50. The number of unbranched alkanes of at least 4 members (excludes halogenated alkanes) is 2. The molecule has 9 nitrogen and oxygen atoms in total. The summed E-state index contributed by atoms with van der Waals surface area (Å²) in [6.07, 6.45) is 11.4. The van der Waals surface area contributed by atoms with Gasteiger partial charge in [-0.25, -0.2) is 8.42 Å². The van der Waals surface area contributed by atoms with Crippen molar-refractivity contribution in [2.24, 2.45) is 5.92 Å². The van der Waals surface area contributed by atoms with Gasteiger partial charge in [0.15, 0.2) is 0 Å². The van der Waals surface area contributed by atoms with Crippen molar-refractivity contribution in [3.05, 3.63) is 71.5 Å². The minimum absolute atomic E-state index is 0.0107. The Morgan fingerprint density at radius 2 is 1.90 bits per heavy atom. The lowest BCUT2D eigenvalue weighted by Gasteiger charge is -2.33. The molecule has 3 N–H and O–H groups in total. The number of amides is 1. The predicted octanol–water partition coefficient (Wildman–Crippen LogP) is 3.08. The second kappa shape index (κ2) is 15.3. The molecule has 1 amide bonds. The fraction of sp³-hybridized carbons (Fsp3) is 0.594. The van der Waals surface area contributed by atoms with Crippen LogP contribution in [0.5, 0.6) is 0 Å². The Labute approximate surface area is 251 Å². The third-order valence-corrected chi connectivity index (χ3v) is 10.5. The van der Waals surface area contributed by atoms with Crippen molar-refractivity contribution < 1.29 is 27.8 Å². The smallest absolute Gasteiger partial charge is 0.238 e. The van der Waals surface area contributed by atoms with Gasteiger partial charge >= 0.3 is 0 Å². The number of allylic oxidation sites excluding steroid dienone is 2. The van der Waals surface area contributed by atoms with Crippen LogP contribution in [-0.4, -0.2) is 87.1 Å². The maximum absolute atomic E-state index is 13.8. The van der Waals surface area contributed by atoms with Crippen molar-refractivity contribution in [1.29, 1.82) is 0 Å². The molecule has 1 aromatic carbocycles. The monoisotopic (exact) mass is 601 g/mol. The number of nitrogens with one attached hydrogen (secondary N) is 2. The van der Waals surface area contributed by atoms with E-state index in [0.717, 1.165) is 29.7 Å². The van der Waals surface area contributed by atoms with Crippen molar-refractivity contribution in [2.45, 2.75) is 82.2 Å². The molecule has 232 valence electrons. The molecular formula is C32H47N3O6S. The molecular weight excluding hydrogens is 554 g/mol. The van der Waals surface area contributed by atoms with E-state index in [1.165, 1.54) is 11.4 Å². The van der Waals surface area contributed by atoms with Crippen LogP contribution in [0.25, 0.3) is 0 Å². The van der Waals surface area contributed by atoms with Crippen LogP contribution in [0.15, 0.2) is 66.0 Å². The number of rotatable bonds is 9. The second-order valence-corrected chi connectivity index (χ2v) is 13.6. The number of benzene rings is 1. The SMILES string of the molecule is CCCCCS(=O)(=O)N(C)[C@H]1CCCCO[C@H]2C=C3C=CC(OC)=CC3[C@H]2NC[C@@H](O)[C@H](Cc2ccccc2)NC1=O. The highest BCUT2D eigenvalue weighted by atomic mass is 32.2. The highest BCUT2D eigenvalue weighted by Gasteiger charge is 2.39. The fourth-order valence-electron chi connectivity index (χ4n) is 5.96. The van der Waals surface area contributed by atoms with Crippen LogP contribution >= 0.6 is 0 Å². The summed E-state index contributed by atoms with van der Waals surface area (Å²) in [4.78, 5) is 13.8. The minimum Gasteiger partial charge on any atom is -0.497 e. The summed E-state index contributed by atoms with van der Waals surface area (Å²) >= 11 is 0. The van der Waals surface area contributed by atoms with E-state index < -0.39 is 28.2 Å². The van der Waals surface area contributed by atoms with E-state index in [-0.39, 0.29) is 36.3 Å². The molecule has 1 saturated heterocycles. The number of β-amino-alcohol motifs (C(OH)–C–C–N with tert-alkyl or cyclic N) is 1. The third kappa shape index (κ3) is 8.32. The maximum Gasteiger partial charge on any atom is 0.238 e. The molecule has 1 aromatic rings. The number of hydrogen-bond acceptors (Lipinski definition) is 7. The number of fused-ring (bicyclic) bond motifs is 3. The van der Waals surface area contributed by atoms with Gasteiger partial charge in [-0.05, 0) is 55.4 Å². The van der Waals surface area contributed by atoms with Gasteiger partial charge in [0.2, 0.25) is 15.9 Å². The molecule has 0 saturated carbocycles. The second-order valence-electron chi connectivity index (χ2n) is 11.5. The molecule has 1 unspecified atom stereocenters. The van der Waals surface area contributed by atoms with Crippen molar-refractivity contribution in [3.63, 3.8) is 0 Å². The van der Waals surface area contributed by atoms with E-state index in [0.29, 0.717) is 38.7 Å². The van der Waals surface area contributed by atoms with Gasteiger partial charge in [-0.3, -0.25) is 4.79 Å². The number of carbonyl (C=O) groups is 1. The lowest BCUT2D eigenvalue weighted by molar-refractivity contribution is -0.126. The van der Waals surface area contributed by atoms with E-state index in [2.05, 4.69) is 22.8 Å². The normalized spacial score (nSPS) is 29.1. The van der Waals surface area contributed by atoms with Crippen LogP contribution in [0, 0.1) is 5.92 Å². The van der Waals surface area contributed by atoms with Gasteiger partial charge in [-0.2, -0.15) is 4.31 Å². The Balaban J connectivity index is 1.57. The zero-order valence-corrected chi connectivity index (χ0v) is 25.9. The number of ether oxygens (including phenoxy) is 2. The summed E-state index contributed by atoms with van der Waals surface area (Å²) in [6.45, 7) is 2.72. The van der Waals surface area contributed by atoms with E-state index in [1.54, 1.807) is 7.11 Å². The summed E-state index contributed by atoms with van der Waals surface area (Å²) in [5.74, 6) is 0.445. The van der Waals surface area contributed by atoms with E-state index in [4.69, 9.17) is 9.47 Å². The number of likely N-dealkylation sites (N-methyl/N-ethyl adjacent to an activating group) is 1. The van der Waals surface area contributed by atoms with Gasteiger partial charge in [0.1, 0.15) is 11.8 Å². The van der Waals surface area contributed by atoms with Crippen molar-refractivity contribution in [1.82, 2.24) is 14.9 Å². The van der Waals surface area contributed by atoms with Crippen LogP contribution < -0.4 is 10.6 Å². The standard InChI is InChI=1S/C32H47N3O6S/c1-4-5-11-18-42(38,39)35(2)28-14-9-10-17-41-30-20-24-15-16-25(40-3)21-26(24)31(30)33-22-29(36)27(34-32(28)37)19-23-12-7-6-8-13-23/h6-8,12-13,15-16,20-21,26-31,33,36H,4-5,9-11,14,17-19,22H2,1-3H3,(H,34,37)/t26?,27-,28-,29+,30-,31+/m0/s1. The van der Waals surface area contributed by atoms with Crippen LogP contribution in [-0.2, 0) is 30.7 Å². The molecule has 1 heterocycles. The molecule has 0 aromatic heterocycles. The first-order chi connectivity index (χ1) is 20.2. The van der Waals surface area contributed by atoms with Crippen LogP contribution in [0.1, 0.15) is 51.0 Å². The molecule has 10 heteroatoms. The highest BCUT2D eigenvalue weighted by Crippen LogP contribution is 2.35. The minimum atomic E-state index is -3.63. The van der Waals surface area contributed by atoms with Gasteiger partial charge < -0.3 is 25.2 Å². The molecule has 4 rings (SSSR count). The molecule has 42 heavy (non-hydrogen) atoms. The number of aliphatic hydroxyl groups excluding tert-OH is 1. The summed E-state index contributed by atoms with van der Waals surface area (Å²) < 4.78 is 39.4. The van der Waals surface area contributed by atoms with Gasteiger partial charge in [-0.15, -0.1) is 0 Å². The molecule has 1 fully saturated rings. The predicted molar refractivity (Wildman–Crippen MR) is 164 cm³/mol. The lowest BCUT2D eigenvalue weighted by Crippen LogP contribution is -2.56. The summed E-state index contributed by atoms with van der Waals surface area (Å²) in [6, 6.07) is 8.09. The first-order valence-corrected chi connectivity index (χ1v) is 16.8. The molecule has 0 bridgehead atoms. The summed E-state index contributed by atoms with van der Waals surface area (Å²) in [5, 5.41) is 18.1. The first-order valence-electron chi connectivity index (χ1n) is 15.2. The van der Waals surface area contributed by atoms with Crippen molar-refractivity contribution >= 4 is 15.9 Å². The molecule has 0 spiro atoms. The zero-order valence-electron chi connectivity index (χ0n) is 25.1. The molecule has 1 aliphatic heterocycles. The molecule has 3 aliphatic rings. The van der Waals surface area contributed by atoms with Gasteiger partial charge in [-0.1, -0.05) is 62.2 Å². The Morgan fingerprint density at radius 1 is 1.12 bits per heavy atom. The first kappa shape index (κ1) is 32.4. The number of sulfonamides is 1. The Bertz CT molecular complexity index is 1230. The molecule has 6 atom stereocenters. The third-order valence-electron chi connectivity index (χ3n) is 8.52. The number of carbonyl (C=O) groups excluding carboxylic acids is 1. The Morgan fingerprint density at radius 3 is 2.64 bits per heavy atom. The van der Waals surface area contributed by atoms with Gasteiger partial charge in [0.05, 0.1) is 31.1 Å². The topological polar surface area (TPSA) is 117 Å². The van der Waals surface area contributed by atoms with Crippen molar-refractivity contribution in [2.75, 3.05) is 33.1 Å². The summed E-state index contributed by atoms with van der Waals surface area (Å²) in [5.41, 5.74) is 2.11. The van der Waals surface area contributed by atoms with E-state index in [9.17, 15) is 18.3 Å². The van der Waals surface area contributed by atoms with Crippen molar-refractivity contribution in [3.8, 4) is 0 Å². The number of nitrogens with zero attached hydrogens (tertiary/aromatic N) is 1. The van der Waals surface area contributed by atoms with Gasteiger partial charge in [0.25, 0.3) is 0 Å². The average molecular weight is 602 g/mol. The largest absolute Gasteiger partial charge is 0.497 e. The number of aliphatic hydroxyl groups is 1. The number of methoxy groups -OCH3 is 1. The molecule has 2 aliphatic carbocycles. The van der Waals surface area contributed by atoms with Crippen LogP contribution in [0.3, 0.4) is 0 Å². The quantitative estimate of drug-likeness (QED) is 0.373. The molecule has 0 radical (unpaired) electrons. The van der Waals surface area contributed by atoms with Gasteiger partial charge in [0, 0.05) is 32.2 Å². The zero-order chi connectivity index (χ0) is 30.1. The Kier molecular flexibility index (Phi) is 11.8. The summed E-state index contributed by atoms with van der Waals surface area (Å²) in [7, 11) is -0.477. The highest BCUT2D eigenvalue weighted by molar-refractivity contribution is 7.89. The number of hydrogen-bond donors (Lipinski definition) is 3. The maximum atomic E-state index is 13.8. The lowest BCUT2D eigenvalue weighted by atomic mass is 9.91. The fourth-order valence-corrected chi connectivity index (χ4v) is 7.41. The van der Waals surface area contributed by atoms with Crippen LogP contribution in [0.4, 0.5) is 0 Å². The van der Waals surface area contributed by atoms with E-state index >= 15 is 0 Å². The average Bonchev–Trinajstić information content (AvgIpc) is 3.33. The van der Waals surface area contributed by atoms with E-state index in [1.807, 2.05) is 49.4 Å². The van der Waals surface area contributed by atoms with Crippen LogP contribution in [0.2, 0.25) is 0 Å².